The molecular formula is C14H23NO2. The summed E-state index contributed by atoms with van der Waals surface area (Å²) < 4.78 is 10.7. The summed E-state index contributed by atoms with van der Waals surface area (Å²) in [5, 5.41) is 0. The van der Waals surface area contributed by atoms with Gasteiger partial charge in [0.1, 0.15) is 0 Å². The van der Waals surface area contributed by atoms with Crippen LogP contribution in [0.1, 0.15) is 38.3 Å². The molecule has 0 saturated carbocycles. The van der Waals surface area contributed by atoms with Gasteiger partial charge >= 0.3 is 0 Å². The fourth-order valence-electron chi connectivity index (χ4n) is 2.12. The van der Waals surface area contributed by atoms with Crippen LogP contribution in [0.2, 0.25) is 0 Å². The molecule has 0 bridgehead atoms. The molecule has 2 unspecified atom stereocenters. The van der Waals surface area contributed by atoms with Gasteiger partial charge in [0.25, 0.3) is 0 Å². The Labute approximate surface area is 104 Å². The topological polar surface area (TPSA) is 44.5 Å². The van der Waals surface area contributed by atoms with Gasteiger partial charge in [-0.05, 0) is 18.4 Å². The van der Waals surface area contributed by atoms with E-state index < -0.39 is 0 Å². The molecule has 0 radical (unpaired) electrons. The zero-order valence-corrected chi connectivity index (χ0v) is 11.2. The van der Waals surface area contributed by atoms with Crippen LogP contribution in [-0.4, -0.2) is 14.2 Å². The lowest BCUT2D eigenvalue weighted by Gasteiger charge is -2.22. The van der Waals surface area contributed by atoms with E-state index in [-0.39, 0.29) is 6.04 Å². The third kappa shape index (κ3) is 3.13. The highest BCUT2D eigenvalue weighted by molar-refractivity contribution is 5.48. The van der Waals surface area contributed by atoms with Crippen molar-refractivity contribution in [2.75, 3.05) is 14.2 Å². The Kier molecular flexibility index (Phi) is 5.29. The first-order valence-corrected chi connectivity index (χ1v) is 6.12. The molecule has 0 aliphatic carbocycles. The van der Waals surface area contributed by atoms with Crippen molar-refractivity contribution in [3.8, 4) is 11.5 Å². The number of hydrogen-bond acceptors (Lipinski definition) is 3. The van der Waals surface area contributed by atoms with Crippen LogP contribution in [0.4, 0.5) is 0 Å². The second-order valence-electron chi connectivity index (χ2n) is 4.37. The summed E-state index contributed by atoms with van der Waals surface area (Å²) in [7, 11) is 3.29. The standard InChI is InChI=1S/C14H23NO2/c1-5-7-10(2)13(15)11-8-6-9-12(16-3)14(11)17-4/h6,8-10,13H,5,7,15H2,1-4H3. The van der Waals surface area contributed by atoms with E-state index in [2.05, 4.69) is 13.8 Å². The molecule has 0 saturated heterocycles. The van der Waals surface area contributed by atoms with E-state index in [0.29, 0.717) is 5.92 Å². The minimum atomic E-state index is -0.0139. The highest BCUT2D eigenvalue weighted by atomic mass is 16.5. The Morgan fingerprint density at radius 1 is 1.24 bits per heavy atom. The average Bonchev–Trinajstić information content (AvgIpc) is 2.36. The molecule has 96 valence electrons. The molecule has 2 atom stereocenters. The van der Waals surface area contributed by atoms with Gasteiger partial charge in [0.15, 0.2) is 11.5 Å². The second-order valence-corrected chi connectivity index (χ2v) is 4.37. The van der Waals surface area contributed by atoms with Crippen LogP contribution in [0.15, 0.2) is 18.2 Å². The van der Waals surface area contributed by atoms with Crippen molar-refractivity contribution in [3.63, 3.8) is 0 Å². The molecule has 1 aromatic rings. The summed E-state index contributed by atoms with van der Waals surface area (Å²) in [4.78, 5) is 0. The molecule has 0 aliphatic heterocycles. The summed E-state index contributed by atoms with van der Waals surface area (Å²) in [5.74, 6) is 1.93. The SMILES string of the molecule is CCCC(C)C(N)c1cccc(OC)c1OC. The van der Waals surface area contributed by atoms with Crippen molar-refractivity contribution in [2.24, 2.45) is 11.7 Å². The Bertz CT molecular complexity index is 352. The lowest BCUT2D eigenvalue weighted by atomic mass is 9.91. The summed E-state index contributed by atoms with van der Waals surface area (Å²) in [5.41, 5.74) is 7.31. The molecule has 0 spiro atoms. The van der Waals surface area contributed by atoms with Crippen molar-refractivity contribution in [1.29, 1.82) is 0 Å². The average molecular weight is 237 g/mol. The fraction of sp³-hybridized carbons (Fsp3) is 0.571. The normalized spacial score (nSPS) is 14.2. The first kappa shape index (κ1) is 13.8. The van der Waals surface area contributed by atoms with Gasteiger partial charge in [-0.3, -0.25) is 0 Å². The van der Waals surface area contributed by atoms with Gasteiger partial charge < -0.3 is 15.2 Å². The first-order valence-electron chi connectivity index (χ1n) is 6.12. The summed E-state index contributed by atoms with van der Waals surface area (Å²) in [6.07, 6.45) is 2.25. The minimum absolute atomic E-state index is 0.0139. The molecule has 0 heterocycles. The molecule has 0 aliphatic rings. The second kappa shape index (κ2) is 6.50. The number of hydrogen-bond donors (Lipinski definition) is 1. The number of para-hydroxylation sites is 1. The Hall–Kier alpha value is -1.22. The maximum Gasteiger partial charge on any atom is 0.165 e. The molecular weight excluding hydrogens is 214 g/mol. The first-order chi connectivity index (χ1) is 8.15. The van der Waals surface area contributed by atoms with Crippen molar-refractivity contribution in [1.82, 2.24) is 0 Å². The van der Waals surface area contributed by atoms with Crippen LogP contribution >= 0.6 is 0 Å². The van der Waals surface area contributed by atoms with Gasteiger partial charge in [0, 0.05) is 11.6 Å². The minimum Gasteiger partial charge on any atom is -0.493 e. The predicted molar refractivity (Wildman–Crippen MR) is 70.5 cm³/mol. The molecule has 0 amide bonds. The number of nitrogens with two attached hydrogens (primary N) is 1. The zero-order valence-electron chi connectivity index (χ0n) is 11.2. The van der Waals surface area contributed by atoms with E-state index in [9.17, 15) is 0 Å². The summed E-state index contributed by atoms with van der Waals surface area (Å²) in [6, 6.07) is 5.84. The van der Waals surface area contributed by atoms with Gasteiger partial charge in [-0.1, -0.05) is 32.4 Å². The number of methoxy groups -OCH3 is 2. The molecule has 17 heavy (non-hydrogen) atoms. The third-order valence-corrected chi connectivity index (χ3v) is 3.15. The molecule has 0 aromatic heterocycles. The van der Waals surface area contributed by atoms with E-state index in [4.69, 9.17) is 15.2 Å². The number of rotatable bonds is 6. The predicted octanol–water partition coefficient (Wildman–Crippen LogP) is 3.14. The van der Waals surface area contributed by atoms with Gasteiger partial charge in [0.05, 0.1) is 14.2 Å². The van der Waals surface area contributed by atoms with Crippen molar-refractivity contribution in [3.05, 3.63) is 23.8 Å². The lowest BCUT2D eigenvalue weighted by molar-refractivity contribution is 0.341. The summed E-state index contributed by atoms with van der Waals surface area (Å²) >= 11 is 0. The van der Waals surface area contributed by atoms with Crippen molar-refractivity contribution < 1.29 is 9.47 Å². The van der Waals surface area contributed by atoms with Crippen LogP contribution in [0, 0.1) is 5.92 Å². The summed E-state index contributed by atoms with van der Waals surface area (Å²) in [6.45, 7) is 4.35. The molecule has 3 nitrogen and oxygen atoms in total. The van der Waals surface area contributed by atoms with E-state index in [0.717, 1.165) is 29.9 Å². The highest BCUT2D eigenvalue weighted by Crippen LogP contribution is 2.36. The molecule has 1 aromatic carbocycles. The van der Waals surface area contributed by atoms with E-state index in [1.165, 1.54) is 0 Å². The van der Waals surface area contributed by atoms with Gasteiger partial charge in [-0.25, -0.2) is 0 Å². The molecule has 3 heteroatoms. The quantitative estimate of drug-likeness (QED) is 0.826. The lowest BCUT2D eigenvalue weighted by Crippen LogP contribution is -2.20. The molecule has 2 N–H and O–H groups in total. The smallest absolute Gasteiger partial charge is 0.165 e. The third-order valence-electron chi connectivity index (χ3n) is 3.15. The van der Waals surface area contributed by atoms with Crippen molar-refractivity contribution >= 4 is 0 Å². The Morgan fingerprint density at radius 3 is 2.47 bits per heavy atom. The fourth-order valence-corrected chi connectivity index (χ4v) is 2.12. The van der Waals surface area contributed by atoms with Gasteiger partial charge in [0.2, 0.25) is 0 Å². The van der Waals surface area contributed by atoms with Gasteiger partial charge in [-0.2, -0.15) is 0 Å². The van der Waals surface area contributed by atoms with Crippen LogP contribution < -0.4 is 15.2 Å². The maximum atomic E-state index is 6.29. The van der Waals surface area contributed by atoms with E-state index in [1.807, 2.05) is 18.2 Å². The highest BCUT2D eigenvalue weighted by Gasteiger charge is 2.20. The largest absolute Gasteiger partial charge is 0.493 e. The van der Waals surface area contributed by atoms with Gasteiger partial charge in [-0.15, -0.1) is 0 Å². The van der Waals surface area contributed by atoms with Crippen LogP contribution in [-0.2, 0) is 0 Å². The monoisotopic (exact) mass is 237 g/mol. The zero-order chi connectivity index (χ0) is 12.8. The van der Waals surface area contributed by atoms with Crippen LogP contribution in [0.25, 0.3) is 0 Å². The van der Waals surface area contributed by atoms with E-state index >= 15 is 0 Å². The van der Waals surface area contributed by atoms with Crippen LogP contribution in [0.5, 0.6) is 11.5 Å². The Balaban J connectivity index is 3.03. The molecule has 1 rings (SSSR count). The van der Waals surface area contributed by atoms with E-state index in [1.54, 1.807) is 14.2 Å². The molecule has 0 fully saturated rings. The maximum absolute atomic E-state index is 6.29. The Morgan fingerprint density at radius 2 is 1.94 bits per heavy atom. The number of benzene rings is 1. The van der Waals surface area contributed by atoms with Crippen LogP contribution in [0.3, 0.4) is 0 Å². The number of ether oxygens (including phenoxy) is 2. The van der Waals surface area contributed by atoms with Crippen molar-refractivity contribution in [2.45, 2.75) is 32.7 Å².